The van der Waals surface area contributed by atoms with Crippen molar-refractivity contribution in [3.05, 3.63) is 45.7 Å². The molecule has 19 heavy (non-hydrogen) atoms. The minimum absolute atomic E-state index is 0.266. The maximum atomic E-state index is 4.10. The predicted molar refractivity (Wildman–Crippen MR) is 77.8 cm³/mol. The SMILES string of the molecule is CNC(c1c(Br)nnn1C)C1Cc2ccccc2C1. The molecule has 5 heteroatoms. The van der Waals surface area contributed by atoms with Crippen LogP contribution in [0.2, 0.25) is 0 Å². The molecule has 3 rings (SSSR count). The van der Waals surface area contributed by atoms with Crippen LogP contribution in [0.25, 0.3) is 0 Å². The largest absolute Gasteiger partial charge is 0.311 e. The number of aromatic nitrogens is 3. The first-order valence-corrected chi connectivity index (χ1v) is 7.29. The second kappa shape index (κ2) is 5.06. The molecule has 0 aliphatic heterocycles. The third-order valence-corrected chi connectivity index (χ3v) is 4.55. The molecule has 0 saturated heterocycles. The van der Waals surface area contributed by atoms with Crippen LogP contribution in [0.15, 0.2) is 28.9 Å². The van der Waals surface area contributed by atoms with E-state index in [1.807, 2.05) is 18.8 Å². The highest BCUT2D eigenvalue weighted by molar-refractivity contribution is 9.10. The Hall–Kier alpha value is -1.20. The van der Waals surface area contributed by atoms with E-state index in [1.54, 1.807) is 0 Å². The second-order valence-electron chi connectivity index (χ2n) is 5.09. The van der Waals surface area contributed by atoms with Crippen molar-refractivity contribution in [3.8, 4) is 0 Å². The van der Waals surface area contributed by atoms with Crippen LogP contribution in [-0.2, 0) is 19.9 Å². The molecule has 2 aromatic rings. The molecule has 1 aromatic heterocycles. The molecule has 0 radical (unpaired) electrons. The lowest BCUT2D eigenvalue weighted by Crippen LogP contribution is -2.28. The standard InChI is InChI=1S/C14H17BrN4/c1-16-12(13-14(15)17-18-19(13)2)11-7-9-5-3-4-6-10(9)8-11/h3-6,11-12,16H,7-8H2,1-2H3. The minimum Gasteiger partial charge on any atom is -0.311 e. The fourth-order valence-electron chi connectivity index (χ4n) is 3.09. The summed E-state index contributed by atoms with van der Waals surface area (Å²) in [5.41, 5.74) is 4.07. The Morgan fingerprint density at radius 2 is 1.95 bits per heavy atom. The first-order chi connectivity index (χ1) is 9.20. The summed E-state index contributed by atoms with van der Waals surface area (Å²) in [6, 6.07) is 8.98. The molecule has 100 valence electrons. The quantitative estimate of drug-likeness (QED) is 0.943. The van der Waals surface area contributed by atoms with Crippen LogP contribution in [0.5, 0.6) is 0 Å². The van der Waals surface area contributed by atoms with Crippen molar-refractivity contribution < 1.29 is 0 Å². The third-order valence-electron chi connectivity index (χ3n) is 3.99. The van der Waals surface area contributed by atoms with Gasteiger partial charge in [-0.1, -0.05) is 29.5 Å². The molecular weight excluding hydrogens is 304 g/mol. The van der Waals surface area contributed by atoms with E-state index < -0.39 is 0 Å². The van der Waals surface area contributed by atoms with Crippen molar-refractivity contribution in [1.29, 1.82) is 0 Å². The topological polar surface area (TPSA) is 42.7 Å². The van der Waals surface area contributed by atoms with Crippen molar-refractivity contribution in [2.45, 2.75) is 18.9 Å². The van der Waals surface area contributed by atoms with Crippen LogP contribution < -0.4 is 5.32 Å². The van der Waals surface area contributed by atoms with Crippen LogP contribution in [0.1, 0.15) is 22.9 Å². The van der Waals surface area contributed by atoms with Gasteiger partial charge in [-0.15, -0.1) is 5.10 Å². The molecule has 0 bridgehead atoms. The van der Waals surface area contributed by atoms with Gasteiger partial charge < -0.3 is 5.32 Å². The summed E-state index contributed by atoms with van der Waals surface area (Å²) in [6.07, 6.45) is 2.22. The van der Waals surface area contributed by atoms with Crippen molar-refractivity contribution in [1.82, 2.24) is 20.3 Å². The number of aryl methyl sites for hydroxylation is 1. The number of nitrogens with zero attached hydrogens (tertiary/aromatic N) is 3. The lowest BCUT2D eigenvalue weighted by molar-refractivity contribution is 0.376. The van der Waals surface area contributed by atoms with Crippen LogP contribution in [0.3, 0.4) is 0 Å². The molecule has 0 spiro atoms. The number of fused-ring (bicyclic) bond motifs is 1. The third kappa shape index (κ3) is 2.21. The fraction of sp³-hybridized carbons (Fsp3) is 0.429. The predicted octanol–water partition coefficient (Wildman–Crippen LogP) is 2.25. The second-order valence-corrected chi connectivity index (χ2v) is 5.84. The summed E-state index contributed by atoms with van der Waals surface area (Å²) in [4.78, 5) is 0. The number of nitrogens with one attached hydrogen (secondary N) is 1. The van der Waals surface area contributed by atoms with E-state index in [2.05, 4.69) is 55.8 Å². The van der Waals surface area contributed by atoms with Crippen LogP contribution in [-0.4, -0.2) is 22.0 Å². The van der Waals surface area contributed by atoms with E-state index in [0.29, 0.717) is 5.92 Å². The van der Waals surface area contributed by atoms with E-state index in [4.69, 9.17) is 0 Å². The molecule has 0 saturated carbocycles. The van der Waals surface area contributed by atoms with Gasteiger partial charge in [-0.05, 0) is 52.9 Å². The van der Waals surface area contributed by atoms with Crippen LogP contribution >= 0.6 is 15.9 Å². The molecule has 1 atom stereocenters. The summed E-state index contributed by atoms with van der Waals surface area (Å²) in [5, 5.41) is 11.6. The zero-order valence-electron chi connectivity index (χ0n) is 11.1. The number of hydrogen-bond acceptors (Lipinski definition) is 3. The average molecular weight is 321 g/mol. The van der Waals surface area contributed by atoms with Gasteiger partial charge in [0.25, 0.3) is 0 Å². The summed E-state index contributed by atoms with van der Waals surface area (Å²) < 4.78 is 2.69. The van der Waals surface area contributed by atoms with Crippen molar-refractivity contribution in [2.24, 2.45) is 13.0 Å². The van der Waals surface area contributed by atoms with Crippen molar-refractivity contribution in [2.75, 3.05) is 7.05 Å². The minimum atomic E-state index is 0.266. The number of halogens is 1. The van der Waals surface area contributed by atoms with E-state index in [1.165, 1.54) is 11.1 Å². The number of rotatable bonds is 3. The molecule has 1 unspecified atom stereocenters. The monoisotopic (exact) mass is 320 g/mol. The van der Waals surface area contributed by atoms with Gasteiger partial charge in [0, 0.05) is 7.05 Å². The van der Waals surface area contributed by atoms with Gasteiger partial charge in [-0.2, -0.15) is 0 Å². The van der Waals surface area contributed by atoms with Crippen molar-refractivity contribution >= 4 is 15.9 Å². The van der Waals surface area contributed by atoms with Gasteiger partial charge in [0.05, 0.1) is 11.7 Å². The van der Waals surface area contributed by atoms with Crippen LogP contribution in [0.4, 0.5) is 0 Å². The molecule has 0 fully saturated rings. The Bertz CT molecular complexity index is 548. The molecule has 1 aromatic carbocycles. The maximum absolute atomic E-state index is 4.10. The summed E-state index contributed by atoms with van der Waals surface area (Å²) in [6.45, 7) is 0. The van der Waals surface area contributed by atoms with Gasteiger partial charge >= 0.3 is 0 Å². The van der Waals surface area contributed by atoms with Gasteiger partial charge in [0.15, 0.2) is 4.60 Å². The highest BCUT2D eigenvalue weighted by atomic mass is 79.9. The number of benzene rings is 1. The molecule has 1 heterocycles. The Morgan fingerprint density at radius 1 is 1.32 bits per heavy atom. The van der Waals surface area contributed by atoms with Gasteiger partial charge in [-0.25, -0.2) is 4.68 Å². The zero-order chi connectivity index (χ0) is 13.4. The zero-order valence-corrected chi connectivity index (χ0v) is 12.7. The Labute approximate surface area is 121 Å². The van der Waals surface area contributed by atoms with E-state index in [-0.39, 0.29) is 6.04 Å². The molecular formula is C14H17BrN4. The van der Waals surface area contributed by atoms with Crippen molar-refractivity contribution in [3.63, 3.8) is 0 Å². The summed E-state index contributed by atoms with van der Waals surface area (Å²) in [5.74, 6) is 0.552. The van der Waals surface area contributed by atoms with Gasteiger partial charge in [0.2, 0.25) is 0 Å². The van der Waals surface area contributed by atoms with E-state index >= 15 is 0 Å². The first-order valence-electron chi connectivity index (χ1n) is 6.50. The van der Waals surface area contributed by atoms with E-state index in [0.717, 1.165) is 23.1 Å². The average Bonchev–Trinajstić information content (AvgIpc) is 2.97. The molecule has 1 aliphatic carbocycles. The van der Waals surface area contributed by atoms with Gasteiger partial charge in [-0.3, -0.25) is 0 Å². The smallest absolute Gasteiger partial charge is 0.153 e. The Morgan fingerprint density at radius 3 is 2.42 bits per heavy atom. The van der Waals surface area contributed by atoms with Crippen LogP contribution in [0, 0.1) is 5.92 Å². The van der Waals surface area contributed by atoms with Gasteiger partial charge in [0.1, 0.15) is 0 Å². The summed E-state index contributed by atoms with van der Waals surface area (Å²) in [7, 11) is 3.95. The Kier molecular flexibility index (Phi) is 3.41. The molecule has 1 N–H and O–H groups in total. The maximum Gasteiger partial charge on any atom is 0.153 e. The lowest BCUT2D eigenvalue weighted by Gasteiger charge is -2.23. The normalized spacial score (nSPS) is 16.6. The fourth-order valence-corrected chi connectivity index (χ4v) is 3.67. The highest BCUT2D eigenvalue weighted by Gasteiger charge is 2.32. The molecule has 0 amide bonds. The first kappa shape index (κ1) is 12.8. The molecule has 1 aliphatic rings. The van der Waals surface area contributed by atoms with E-state index in [9.17, 15) is 0 Å². The summed E-state index contributed by atoms with van der Waals surface area (Å²) >= 11 is 3.51. The number of hydrogen-bond donors (Lipinski definition) is 1. The lowest BCUT2D eigenvalue weighted by atomic mass is 9.94. The Balaban J connectivity index is 1.90. The molecule has 4 nitrogen and oxygen atoms in total. The highest BCUT2D eigenvalue weighted by Crippen LogP contribution is 2.36.